The van der Waals surface area contributed by atoms with Gasteiger partial charge in [0.15, 0.2) is 0 Å². The molecule has 0 aliphatic carbocycles. The van der Waals surface area contributed by atoms with E-state index in [9.17, 15) is 8.78 Å². The number of pyridine rings is 1. The summed E-state index contributed by atoms with van der Waals surface area (Å²) in [6.45, 7) is 0. The number of alkyl halides is 2. The summed E-state index contributed by atoms with van der Waals surface area (Å²) in [5, 5.41) is 8.39. The molecule has 0 saturated carbocycles. The number of rotatable bonds is 2. The smallest absolute Gasteiger partial charge is 0.243 e. The van der Waals surface area contributed by atoms with Crippen LogP contribution >= 0.6 is 27.5 Å². The van der Waals surface area contributed by atoms with Crippen LogP contribution in [0.25, 0.3) is 0 Å². The Labute approximate surface area is 92.6 Å². The third-order valence-corrected chi connectivity index (χ3v) is 2.90. The maximum absolute atomic E-state index is 12.6. The lowest BCUT2D eigenvalue weighted by Gasteiger charge is -2.08. The molecule has 0 aromatic carbocycles. The molecule has 1 heterocycles. The average Bonchev–Trinajstić information content (AvgIpc) is 2.11. The van der Waals surface area contributed by atoms with Gasteiger partial charge in [-0.1, -0.05) is 11.6 Å². The summed E-state index contributed by atoms with van der Waals surface area (Å²) < 4.78 is 25.2. The van der Waals surface area contributed by atoms with Crippen molar-refractivity contribution in [3.63, 3.8) is 0 Å². The molecular formula is C8H4BrClF2N2. The molecule has 0 aliphatic rings. The van der Waals surface area contributed by atoms with Crippen LogP contribution in [0, 0.1) is 11.3 Å². The zero-order valence-corrected chi connectivity index (χ0v) is 9.11. The Balaban J connectivity index is 3.31. The largest absolute Gasteiger partial charge is 0.265 e. The Bertz CT molecular complexity index is 390. The van der Waals surface area contributed by atoms with Crippen LogP contribution in [0.4, 0.5) is 8.78 Å². The highest BCUT2D eigenvalue weighted by Crippen LogP contribution is 2.34. The van der Waals surface area contributed by atoms with Gasteiger partial charge in [0, 0.05) is 11.8 Å². The second-order valence-corrected chi connectivity index (χ2v) is 3.59. The van der Waals surface area contributed by atoms with E-state index in [0.717, 1.165) is 0 Å². The lowest BCUT2D eigenvalue weighted by molar-refractivity contribution is 0.149. The van der Waals surface area contributed by atoms with Crippen molar-refractivity contribution in [2.24, 2.45) is 0 Å². The Morgan fingerprint density at radius 1 is 1.64 bits per heavy atom. The Kier molecular flexibility index (Phi) is 3.78. The second kappa shape index (κ2) is 4.67. The molecule has 0 saturated heterocycles. The Morgan fingerprint density at radius 3 is 2.79 bits per heavy atom. The van der Waals surface area contributed by atoms with Crippen molar-refractivity contribution >= 4 is 27.5 Å². The lowest BCUT2D eigenvalue weighted by Crippen LogP contribution is -1.98. The minimum Gasteiger partial charge on any atom is -0.243 e. The molecule has 0 atom stereocenters. The zero-order valence-electron chi connectivity index (χ0n) is 6.77. The summed E-state index contributed by atoms with van der Waals surface area (Å²) in [6, 6.07) is 1.79. The molecule has 0 amide bonds. The first-order valence-corrected chi connectivity index (χ1v) is 4.73. The van der Waals surface area contributed by atoms with E-state index in [-0.39, 0.29) is 27.2 Å². The van der Waals surface area contributed by atoms with Crippen LogP contribution in [0.3, 0.4) is 0 Å². The minimum absolute atomic E-state index is 0.0259. The van der Waals surface area contributed by atoms with Gasteiger partial charge < -0.3 is 0 Å². The molecular weight excluding hydrogens is 277 g/mol. The van der Waals surface area contributed by atoms with E-state index < -0.39 is 6.43 Å². The van der Waals surface area contributed by atoms with E-state index in [1.807, 2.05) is 0 Å². The van der Waals surface area contributed by atoms with Crippen molar-refractivity contribution in [3.05, 3.63) is 26.9 Å². The maximum atomic E-state index is 12.6. The van der Waals surface area contributed by atoms with E-state index in [1.54, 1.807) is 6.07 Å². The van der Waals surface area contributed by atoms with Crippen molar-refractivity contribution in [2.45, 2.75) is 12.8 Å². The average molecular weight is 281 g/mol. The Morgan fingerprint density at radius 2 is 2.29 bits per heavy atom. The lowest BCUT2D eigenvalue weighted by atomic mass is 10.1. The summed E-state index contributed by atoms with van der Waals surface area (Å²) in [5.41, 5.74) is -0.0645. The highest BCUT2D eigenvalue weighted by molar-refractivity contribution is 9.10. The van der Waals surface area contributed by atoms with E-state index in [4.69, 9.17) is 16.9 Å². The molecule has 0 radical (unpaired) electrons. The molecule has 14 heavy (non-hydrogen) atoms. The second-order valence-electron chi connectivity index (χ2n) is 2.44. The van der Waals surface area contributed by atoms with Gasteiger partial charge in [-0.2, -0.15) is 5.26 Å². The third kappa shape index (κ3) is 2.20. The van der Waals surface area contributed by atoms with Crippen LogP contribution < -0.4 is 0 Å². The Hall–Kier alpha value is -0.730. The predicted octanol–water partition coefficient (Wildman–Crippen LogP) is 3.50. The molecule has 0 fully saturated rings. The number of nitriles is 1. The topological polar surface area (TPSA) is 36.7 Å². The number of halogens is 4. The summed E-state index contributed by atoms with van der Waals surface area (Å²) in [6.07, 6.45) is -1.59. The van der Waals surface area contributed by atoms with Gasteiger partial charge in [-0.05, 0) is 21.5 Å². The minimum atomic E-state index is -2.67. The van der Waals surface area contributed by atoms with Gasteiger partial charge in [-0.3, -0.25) is 0 Å². The van der Waals surface area contributed by atoms with Crippen molar-refractivity contribution in [1.29, 1.82) is 5.26 Å². The van der Waals surface area contributed by atoms with Gasteiger partial charge in [0.2, 0.25) is 0 Å². The van der Waals surface area contributed by atoms with E-state index >= 15 is 0 Å². The van der Waals surface area contributed by atoms with Crippen molar-refractivity contribution in [3.8, 4) is 6.07 Å². The van der Waals surface area contributed by atoms with Crippen LogP contribution in [0.15, 0.2) is 10.7 Å². The van der Waals surface area contributed by atoms with Gasteiger partial charge in [0.25, 0.3) is 6.43 Å². The van der Waals surface area contributed by atoms with Crippen LogP contribution in [-0.4, -0.2) is 4.98 Å². The van der Waals surface area contributed by atoms with Crippen molar-refractivity contribution in [1.82, 2.24) is 4.98 Å². The summed E-state index contributed by atoms with van der Waals surface area (Å²) in [7, 11) is 0. The molecule has 0 N–H and O–H groups in total. The third-order valence-electron chi connectivity index (χ3n) is 1.58. The first kappa shape index (κ1) is 11.3. The maximum Gasteiger partial charge on any atom is 0.265 e. The SMILES string of the molecule is N#CCc1cnc(Cl)c(Br)c1C(F)F. The summed E-state index contributed by atoms with van der Waals surface area (Å²) in [5.74, 6) is 0. The van der Waals surface area contributed by atoms with Crippen molar-refractivity contribution in [2.75, 3.05) is 0 Å². The van der Waals surface area contributed by atoms with E-state index in [0.29, 0.717) is 0 Å². The molecule has 0 spiro atoms. The molecule has 2 nitrogen and oxygen atoms in total. The van der Waals surface area contributed by atoms with E-state index in [1.165, 1.54) is 6.20 Å². The van der Waals surface area contributed by atoms with Gasteiger partial charge in [0.1, 0.15) is 5.15 Å². The van der Waals surface area contributed by atoms with E-state index in [2.05, 4.69) is 20.9 Å². The van der Waals surface area contributed by atoms with Crippen LogP contribution in [0.5, 0.6) is 0 Å². The number of hydrogen-bond donors (Lipinski definition) is 0. The fourth-order valence-electron chi connectivity index (χ4n) is 0.975. The normalized spacial score (nSPS) is 10.3. The number of aromatic nitrogens is 1. The summed E-state index contributed by atoms with van der Waals surface area (Å²) in [4.78, 5) is 3.67. The standard InChI is InChI=1S/C8H4BrClF2N2/c9-6-5(8(11)12)4(1-2-13)3-14-7(6)10/h3,8H,1H2. The van der Waals surface area contributed by atoms with Crippen LogP contribution in [0.2, 0.25) is 5.15 Å². The highest BCUT2D eigenvalue weighted by atomic mass is 79.9. The van der Waals surface area contributed by atoms with Gasteiger partial charge in [0.05, 0.1) is 17.0 Å². The molecule has 6 heteroatoms. The van der Waals surface area contributed by atoms with Gasteiger partial charge in [-0.25, -0.2) is 13.8 Å². The van der Waals surface area contributed by atoms with Gasteiger partial charge >= 0.3 is 0 Å². The fraction of sp³-hybridized carbons (Fsp3) is 0.250. The first-order chi connectivity index (χ1) is 6.57. The molecule has 0 bridgehead atoms. The molecule has 0 unspecified atom stereocenters. The number of nitrogens with zero attached hydrogens (tertiary/aromatic N) is 2. The molecule has 1 rings (SSSR count). The van der Waals surface area contributed by atoms with Crippen LogP contribution in [0.1, 0.15) is 17.6 Å². The molecule has 1 aromatic heterocycles. The monoisotopic (exact) mass is 280 g/mol. The van der Waals surface area contributed by atoms with Crippen LogP contribution in [-0.2, 0) is 6.42 Å². The zero-order chi connectivity index (χ0) is 10.7. The van der Waals surface area contributed by atoms with Gasteiger partial charge in [-0.15, -0.1) is 0 Å². The molecule has 1 aromatic rings. The quantitative estimate of drug-likeness (QED) is 0.778. The first-order valence-electron chi connectivity index (χ1n) is 3.55. The van der Waals surface area contributed by atoms with Crippen molar-refractivity contribution < 1.29 is 8.78 Å². The highest BCUT2D eigenvalue weighted by Gasteiger charge is 2.19. The number of hydrogen-bond acceptors (Lipinski definition) is 2. The molecule has 0 aliphatic heterocycles. The summed E-state index contributed by atoms with van der Waals surface area (Å²) >= 11 is 8.47. The molecule has 74 valence electrons. The fourth-order valence-corrected chi connectivity index (χ4v) is 1.66. The predicted molar refractivity (Wildman–Crippen MR) is 51.2 cm³/mol.